The summed E-state index contributed by atoms with van der Waals surface area (Å²) in [6.45, 7) is 3.83. The van der Waals surface area contributed by atoms with Gasteiger partial charge in [0, 0.05) is 30.6 Å². The molecule has 1 fully saturated rings. The topological polar surface area (TPSA) is 170 Å². The molecule has 206 valence electrons. The van der Waals surface area contributed by atoms with Gasteiger partial charge in [-0.15, -0.1) is 0 Å². The summed E-state index contributed by atoms with van der Waals surface area (Å²) < 4.78 is 22.1. The van der Waals surface area contributed by atoms with Crippen molar-refractivity contribution < 1.29 is 38.7 Å². The molecule has 5 rings (SSSR count). The molecular weight excluding hydrogens is 510 g/mol. The van der Waals surface area contributed by atoms with E-state index in [0.717, 1.165) is 6.08 Å². The summed E-state index contributed by atoms with van der Waals surface area (Å²) in [5.41, 5.74) is 6.78. The van der Waals surface area contributed by atoms with Gasteiger partial charge in [-0.05, 0) is 18.2 Å². The van der Waals surface area contributed by atoms with Gasteiger partial charge in [0.05, 0.1) is 26.3 Å². The van der Waals surface area contributed by atoms with Crippen LogP contribution in [-0.2, 0) is 9.59 Å². The van der Waals surface area contributed by atoms with Gasteiger partial charge >= 0.3 is 5.97 Å². The van der Waals surface area contributed by atoms with E-state index in [1.807, 2.05) is 12.1 Å². The minimum atomic E-state index is -1.08. The average molecular weight is 540 g/mol. The number of nitrogens with two attached hydrogens (primary N) is 1. The number of fused-ring (bicyclic) bond motifs is 2. The molecule has 0 bridgehead atoms. The number of carbonyl (C=O) groups is 2. The lowest BCUT2D eigenvalue weighted by molar-refractivity contribution is -0.152. The molecule has 39 heavy (non-hydrogen) atoms. The van der Waals surface area contributed by atoms with Gasteiger partial charge in [0.1, 0.15) is 18.7 Å². The average Bonchev–Trinajstić information content (AvgIpc) is 2.96. The lowest BCUT2D eigenvalue weighted by Gasteiger charge is -2.40. The number of nitrogens with zero attached hydrogens (tertiary/aromatic N) is 4. The van der Waals surface area contributed by atoms with E-state index in [1.165, 1.54) is 4.90 Å². The Hall–Kier alpha value is -4.78. The number of β-amino-alcohol motifs (C(OH)–C–C–N with tert-alkyl or cyclic N) is 1. The van der Waals surface area contributed by atoms with Gasteiger partial charge in [0.25, 0.3) is 5.91 Å². The molecule has 0 spiro atoms. The lowest BCUT2D eigenvalue weighted by atomic mass is 10.2. The molecule has 1 aromatic heterocycles. The summed E-state index contributed by atoms with van der Waals surface area (Å²) in [4.78, 5) is 34.5. The van der Waals surface area contributed by atoms with Crippen LogP contribution in [0.1, 0.15) is 0 Å². The highest BCUT2D eigenvalue weighted by atomic mass is 16.6. The largest absolute Gasteiger partial charge is 0.493 e. The Balaban J connectivity index is 0.000000648. The van der Waals surface area contributed by atoms with Crippen molar-refractivity contribution in [1.82, 2.24) is 14.9 Å². The zero-order valence-corrected chi connectivity index (χ0v) is 21.4. The number of anilines is 2. The number of benzene rings is 2. The van der Waals surface area contributed by atoms with Gasteiger partial charge in [-0.25, -0.2) is 9.78 Å². The van der Waals surface area contributed by atoms with Crippen molar-refractivity contribution in [3.05, 3.63) is 49.1 Å². The minimum absolute atomic E-state index is 0.0817. The number of rotatable bonds is 5. The maximum Gasteiger partial charge on any atom is 0.327 e. The molecule has 3 heterocycles. The Labute approximate surface area is 224 Å². The number of aliphatic hydroxyl groups is 1. The smallest absolute Gasteiger partial charge is 0.327 e. The second-order valence-electron chi connectivity index (χ2n) is 8.50. The molecule has 0 saturated carbocycles. The van der Waals surface area contributed by atoms with Gasteiger partial charge in [-0.3, -0.25) is 4.79 Å². The van der Waals surface area contributed by atoms with Crippen molar-refractivity contribution >= 4 is 34.5 Å². The molecule has 2 atom stereocenters. The van der Waals surface area contributed by atoms with E-state index in [4.69, 9.17) is 29.8 Å². The number of carbonyl (C=O) groups excluding carboxylic acids is 1. The van der Waals surface area contributed by atoms with E-state index in [0.29, 0.717) is 46.4 Å². The molecule has 2 unspecified atom stereocenters. The summed E-state index contributed by atoms with van der Waals surface area (Å²) in [7, 11) is 3.09. The van der Waals surface area contributed by atoms with E-state index in [-0.39, 0.29) is 31.4 Å². The molecule has 0 radical (unpaired) electrons. The predicted molar refractivity (Wildman–Crippen MR) is 141 cm³/mol. The van der Waals surface area contributed by atoms with Gasteiger partial charge in [0.2, 0.25) is 12.1 Å². The highest BCUT2D eigenvalue weighted by Crippen LogP contribution is 2.35. The molecule has 2 aliphatic rings. The van der Waals surface area contributed by atoms with Gasteiger partial charge in [0.15, 0.2) is 23.0 Å². The molecule has 2 aromatic carbocycles. The number of amides is 1. The number of para-hydroxylation sites is 2. The van der Waals surface area contributed by atoms with Crippen LogP contribution in [0.2, 0.25) is 0 Å². The van der Waals surface area contributed by atoms with Crippen molar-refractivity contribution in [2.75, 3.05) is 51.1 Å². The third-order valence-electron chi connectivity index (χ3n) is 6.10. The first kappa shape index (κ1) is 27.3. The van der Waals surface area contributed by atoms with Crippen LogP contribution >= 0.6 is 0 Å². The maximum atomic E-state index is 13.0. The standard InChI is InChI=1S/C23H25N5O6.C3H4O2/c1-31-17-9-13-14(10-18(17)32-2)25-23(26-21(13)24)27-7-8-28(20(29)11-27)22(30)19-12-33-15-5-3-4-6-16(15)34-19;1-2-3(4)5/h3-6,9-10,19-20,29H,7-8,11-12H2,1-2H3,(H2,24,25,26);2H,1H2,(H,4,5). The van der Waals surface area contributed by atoms with Crippen LogP contribution in [0.4, 0.5) is 11.8 Å². The van der Waals surface area contributed by atoms with Crippen LogP contribution in [0.15, 0.2) is 49.1 Å². The number of nitrogen functional groups attached to an aromatic ring is 1. The number of carboxylic acid groups (broad SMARTS) is 1. The maximum absolute atomic E-state index is 13.0. The van der Waals surface area contributed by atoms with Crippen molar-refractivity contribution in [1.29, 1.82) is 0 Å². The van der Waals surface area contributed by atoms with Crippen molar-refractivity contribution in [2.45, 2.75) is 12.3 Å². The van der Waals surface area contributed by atoms with Crippen LogP contribution in [-0.4, -0.2) is 89.8 Å². The number of ether oxygens (including phenoxy) is 4. The molecule has 1 amide bonds. The Morgan fingerprint density at radius 2 is 1.79 bits per heavy atom. The van der Waals surface area contributed by atoms with Gasteiger partial charge < -0.3 is 44.7 Å². The van der Waals surface area contributed by atoms with E-state index in [9.17, 15) is 14.7 Å². The van der Waals surface area contributed by atoms with E-state index >= 15 is 0 Å². The SMILES string of the molecule is C=CC(=O)O.COc1cc2nc(N3CCN(C(=O)C4COc5ccccc5O4)C(O)C3)nc(N)c2cc1OC. The van der Waals surface area contributed by atoms with Gasteiger partial charge in [-0.2, -0.15) is 4.98 Å². The van der Waals surface area contributed by atoms with Crippen molar-refractivity contribution in [2.24, 2.45) is 0 Å². The second kappa shape index (κ2) is 11.7. The highest BCUT2D eigenvalue weighted by molar-refractivity contribution is 5.92. The first-order valence-electron chi connectivity index (χ1n) is 11.9. The van der Waals surface area contributed by atoms with Crippen LogP contribution in [0, 0.1) is 0 Å². The number of piperazine rings is 1. The van der Waals surface area contributed by atoms with Crippen LogP contribution in [0.25, 0.3) is 10.9 Å². The number of aliphatic hydroxyl groups excluding tert-OH is 1. The van der Waals surface area contributed by atoms with E-state index < -0.39 is 18.3 Å². The summed E-state index contributed by atoms with van der Waals surface area (Å²) in [6, 6.07) is 10.6. The third kappa shape index (κ3) is 5.88. The number of aromatic nitrogens is 2. The first-order valence-corrected chi connectivity index (χ1v) is 11.9. The normalized spacial score (nSPS) is 18.0. The summed E-state index contributed by atoms with van der Waals surface area (Å²) in [6.07, 6.45) is -1.07. The minimum Gasteiger partial charge on any atom is -0.493 e. The van der Waals surface area contributed by atoms with E-state index in [2.05, 4.69) is 16.5 Å². The fourth-order valence-electron chi connectivity index (χ4n) is 4.14. The molecular formula is C26H29N5O8. The first-order chi connectivity index (χ1) is 18.7. The zero-order valence-electron chi connectivity index (χ0n) is 21.4. The molecule has 3 aromatic rings. The molecule has 13 nitrogen and oxygen atoms in total. The quantitative estimate of drug-likeness (QED) is 0.398. The zero-order chi connectivity index (χ0) is 28.1. The number of hydrogen-bond donors (Lipinski definition) is 3. The highest BCUT2D eigenvalue weighted by Gasteiger charge is 2.37. The van der Waals surface area contributed by atoms with Crippen LogP contribution in [0.3, 0.4) is 0 Å². The Bertz CT molecular complexity index is 1380. The van der Waals surface area contributed by atoms with Crippen molar-refractivity contribution in [3.8, 4) is 23.0 Å². The Morgan fingerprint density at radius 1 is 1.13 bits per heavy atom. The number of aliphatic carboxylic acids is 1. The monoisotopic (exact) mass is 539 g/mol. The van der Waals surface area contributed by atoms with Crippen molar-refractivity contribution in [3.63, 3.8) is 0 Å². The lowest BCUT2D eigenvalue weighted by Crippen LogP contribution is -2.59. The predicted octanol–water partition coefficient (Wildman–Crippen LogP) is 1.29. The summed E-state index contributed by atoms with van der Waals surface area (Å²) in [5, 5.41) is 19.0. The Morgan fingerprint density at radius 3 is 2.44 bits per heavy atom. The van der Waals surface area contributed by atoms with E-state index in [1.54, 1.807) is 43.4 Å². The molecule has 4 N–H and O–H groups in total. The van der Waals surface area contributed by atoms with Crippen LogP contribution in [0.5, 0.6) is 23.0 Å². The van der Waals surface area contributed by atoms with Gasteiger partial charge in [-0.1, -0.05) is 18.7 Å². The third-order valence-corrected chi connectivity index (χ3v) is 6.10. The summed E-state index contributed by atoms with van der Waals surface area (Å²) >= 11 is 0. The molecule has 13 heteroatoms. The molecule has 0 aliphatic carbocycles. The summed E-state index contributed by atoms with van der Waals surface area (Å²) in [5.74, 6) is 1.46. The Kier molecular flexibility index (Phi) is 8.20. The molecule has 2 aliphatic heterocycles. The number of hydrogen-bond acceptors (Lipinski definition) is 11. The molecule has 1 saturated heterocycles. The van der Waals surface area contributed by atoms with Crippen LogP contribution < -0.4 is 29.6 Å². The number of methoxy groups -OCH3 is 2. The second-order valence-corrected chi connectivity index (χ2v) is 8.50. The number of carboxylic acids is 1. The fraction of sp³-hybridized carbons (Fsp3) is 0.308. The fourth-order valence-corrected chi connectivity index (χ4v) is 4.14.